The van der Waals surface area contributed by atoms with E-state index in [4.69, 9.17) is 5.11 Å². The molecule has 80 valence electrons. The maximum Gasteiger partial charge on any atom is 0.341 e. The van der Waals surface area contributed by atoms with E-state index in [1.54, 1.807) is 11.8 Å². The number of aromatic nitrogens is 1. The predicted octanol–water partition coefficient (Wildman–Crippen LogP) is 1.17. The van der Waals surface area contributed by atoms with E-state index >= 15 is 0 Å². The Kier molecular flexibility index (Phi) is 2.56. The van der Waals surface area contributed by atoms with Gasteiger partial charge in [0.05, 0.1) is 0 Å². The number of H-pyrrole nitrogens is 1. The zero-order valence-electron chi connectivity index (χ0n) is 8.29. The van der Waals surface area contributed by atoms with Crippen LogP contribution in [0.25, 0.3) is 0 Å². The van der Waals surface area contributed by atoms with Gasteiger partial charge in [0.1, 0.15) is 5.56 Å². The van der Waals surface area contributed by atoms with E-state index in [9.17, 15) is 9.59 Å². The monoisotopic (exact) mass is 225 g/mol. The summed E-state index contributed by atoms with van der Waals surface area (Å²) in [6, 6.07) is 0. The van der Waals surface area contributed by atoms with Crippen molar-refractivity contribution in [3.05, 3.63) is 32.7 Å². The van der Waals surface area contributed by atoms with Crippen molar-refractivity contribution in [2.75, 3.05) is 5.75 Å². The molecule has 0 aliphatic carbocycles. The lowest BCUT2D eigenvalue weighted by molar-refractivity contribution is 0.0694. The quantitative estimate of drug-likeness (QED) is 0.752. The first-order valence-electron chi connectivity index (χ1n) is 4.67. The minimum Gasteiger partial charge on any atom is -0.477 e. The summed E-state index contributed by atoms with van der Waals surface area (Å²) in [5, 5.41) is 8.98. The second kappa shape index (κ2) is 3.73. The normalized spacial score (nSPS) is 14.7. The first-order chi connectivity index (χ1) is 7.11. The summed E-state index contributed by atoms with van der Waals surface area (Å²) >= 11 is 1.67. The molecular weight excluding hydrogens is 214 g/mol. The van der Waals surface area contributed by atoms with E-state index in [0.29, 0.717) is 11.3 Å². The number of fused-ring (bicyclic) bond motifs is 1. The van der Waals surface area contributed by atoms with Crippen molar-refractivity contribution in [3.63, 3.8) is 0 Å². The van der Waals surface area contributed by atoms with Crippen molar-refractivity contribution in [1.82, 2.24) is 4.98 Å². The van der Waals surface area contributed by atoms with Crippen LogP contribution in [0.1, 0.15) is 27.2 Å². The van der Waals surface area contributed by atoms with Crippen LogP contribution < -0.4 is 5.56 Å². The fourth-order valence-electron chi connectivity index (χ4n) is 1.89. The van der Waals surface area contributed by atoms with Gasteiger partial charge in [-0.1, -0.05) is 0 Å². The topological polar surface area (TPSA) is 70.2 Å². The van der Waals surface area contributed by atoms with E-state index in [0.717, 1.165) is 23.4 Å². The van der Waals surface area contributed by atoms with Gasteiger partial charge in [0, 0.05) is 11.4 Å². The van der Waals surface area contributed by atoms with Crippen molar-refractivity contribution in [3.8, 4) is 0 Å². The highest BCUT2D eigenvalue weighted by molar-refractivity contribution is 7.98. The lowest BCUT2D eigenvalue weighted by atomic mass is 10.00. The average molecular weight is 225 g/mol. The molecule has 1 aliphatic heterocycles. The SMILES string of the molecule is Cc1[nH]c(=O)c(C(=O)O)c2c1CCSC2. The Balaban J connectivity index is 2.74. The standard InChI is InChI=1S/C10H11NO3S/c1-5-6-2-3-15-4-7(6)8(10(13)14)9(12)11-5/h2-4H2,1H3,(H,11,12)(H,13,14). The Bertz CT molecular complexity index is 478. The van der Waals surface area contributed by atoms with Crippen molar-refractivity contribution in [2.45, 2.75) is 19.1 Å². The van der Waals surface area contributed by atoms with Gasteiger partial charge in [-0.15, -0.1) is 0 Å². The smallest absolute Gasteiger partial charge is 0.341 e. The largest absolute Gasteiger partial charge is 0.477 e. The van der Waals surface area contributed by atoms with Gasteiger partial charge in [0.2, 0.25) is 0 Å². The van der Waals surface area contributed by atoms with Crippen molar-refractivity contribution in [1.29, 1.82) is 0 Å². The summed E-state index contributed by atoms with van der Waals surface area (Å²) in [5.74, 6) is 0.482. The Hall–Kier alpha value is -1.23. The molecule has 0 unspecified atom stereocenters. The number of aromatic carboxylic acids is 1. The number of aryl methyl sites for hydroxylation is 1. The van der Waals surface area contributed by atoms with Gasteiger partial charge in [0.25, 0.3) is 5.56 Å². The molecule has 2 heterocycles. The van der Waals surface area contributed by atoms with Gasteiger partial charge in [-0.2, -0.15) is 11.8 Å². The van der Waals surface area contributed by atoms with E-state index in [1.165, 1.54) is 0 Å². The number of pyridine rings is 1. The maximum atomic E-state index is 11.5. The highest BCUT2D eigenvalue weighted by Gasteiger charge is 2.22. The first kappa shape index (κ1) is 10.3. The molecule has 0 spiro atoms. The number of carbonyl (C=O) groups is 1. The molecule has 0 radical (unpaired) electrons. The number of hydrogen-bond acceptors (Lipinski definition) is 3. The molecule has 0 aromatic carbocycles. The Labute approximate surface area is 90.7 Å². The second-order valence-corrected chi connectivity index (χ2v) is 4.62. The lowest BCUT2D eigenvalue weighted by Gasteiger charge is -2.18. The van der Waals surface area contributed by atoms with Crippen molar-refractivity contribution in [2.24, 2.45) is 0 Å². The summed E-state index contributed by atoms with van der Waals surface area (Å²) in [5.41, 5.74) is 1.95. The molecule has 2 rings (SSSR count). The van der Waals surface area contributed by atoms with Crippen LogP contribution in [-0.4, -0.2) is 21.8 Å². The molecule has 1 aliphatic rings. The van der Waals surface area contributed by atoms with E-state index in [-0.39, 0.29) is 5.56 Å². The molecular formula is C10H11NO3S. The number of carboxylic acids is 1. The van der Waals surface area contributed by atoms with E-state index < -0.39 is 11.5 Å². The summed E-state index contributed by atoms with van der Waals surface area (Å²) in [7, 11) is 0. The number of aromatic amines is 1. The van der Waals surface area contributed by atoms with Crippen molar-refractivity contribution < 1.29 is 9.90 Å². The average Bonchev–Trinajstić information content (AvgIpc) is 2.17. The van der Waals surface area contributed by atoms with Crippen LogP contribution in [0.15, 0.2) is 4.79 Å². The van der Waals surface area contributed by atoms with Gasteiger partial charge in [-0.25, -0.2) is 4.79 Å². The van der Waals surface area contributed by atoms with Crippen LogP contribution in [0.3, 0.4) is 0 Å². The summed E-state index contributed by atoms with van der Waals surface area (Å²) in [6.45, 7) is 1.82. The maximum absolute atomic E-state index is 11.5. The highest BCUT2D eigenvalue weighted by atomic mass is 32.2. The Morgan fingerprint density at radius 3 is 2.87 bits per heavy atom. The molecule has 2 N–H and O–H groups in total. The first-order valence-corrected chi connectivity index (χ1v) is 5.82. The van der Waals surface area contributed by atoms with Gasteiger partial charge in [-0.3, -0.25) is 4.79 Å². The number of thioether (sulfide) groups is 1. The van der Waals surface area contributed by atoms with Gasteiger partial charge in [-0.05, 0) is 30.2 Å². The molecule has 0 bridgehead atoms. The third-order valence-corrected chi connectivity index (χ3v) is 3.59. The van der Waals surface area contributed by atoms with Crippen LogP contribution >= 0.6 is 11.8 Å². The van der Waals surface area contributed by atoms with E-state index in [1.807, 2.05) is 6.92 Å². The van der Waals surface area contributed by atoms with Crippen LogP contribution in [0.2, 0.25) is 0 Å². The minimum absolute atomic E-state index is 0.0807. The Morgan fingerprint density at radius 1 is 1.47 bits per heavy atom. The van der Waals surface area contributed by atoms with Gasteiger partial charge < -0.3 is 10.1 Å². The fourth-order valence-corrected chi connectivity index (χ4v) is 2.91. The molecule has 5 heteroatoms. The van der Waals surface area contributed by atoms with Crippen molar-refractivity contribution >= 4 is 17.7 Å². The summed E-state index contributed by atoms with van der Waals surface area (Å²) in [4.78, 5) is 25.1. The molecule has 0 saturated heterocycles. The number of rotatable bonds is 1. The second-order valence-electron chi connectivity index (χ2n) is 3.52. The zero-order chi connectivity index (χ0) is 11.0. The highest BCUT2D eigenvalue weighted by Crippen LogP contribution is 2.27. The molecule has 0 atom stereocenters. The predicted molar refractivity (Wildman–Crippen MR) is 58.6 cm³/mol. The third-order valence-electron chi connectivity index (χ3n) is 2.60. The molecule has 0 saturated carbocycles. The Morgan fingerprint density at radius 2 is 2.20 bits per heavy atom. The molecule has 4 nitrogen and oxygen atoms in total. The summed E-state index contributed by atoms with van der Waals surface area (Å²) in [6.07, 6.45) is 0.836. The van der Waals surface area contributed by atoms with E-state index in [2.05, 4.69) is 4.98 Å². The minimum atomic E-state index is -1.13. The van der Waals surface area contributed by atoms with Crippen LogP contribution in [0.5, 0.6) is 0 Å². The van der Waals surface area contributed by atoms with Crippen LogP contribution in [0.4, 0.5) is 0 Å². The molecule has 0 amide bonds. The number of carboxylic acid groups (broad SMARTS) is 1. The lowest BCUT2D eigenvalue weighted by Crippen LogP contribution is -2.25. The molecule has 1 aromatic heterocycles. The van der Waals surface area contributed by atoms with Crippen LogP contribution in [-0.2, 0) is 12.2 Å². The molecule has 15 heavy (non-hydrogen) atoms. The van der Waals surface area contributed by atoms with Gasteiger partial charge in [0.15, 0.2) is 0 Å². The fraction of sp³-hybridized carbons (Fsp3) is 0.400. The molecule has 0 fully saturated rings. The molecule has 1 aromatic rings. The van der Waals surface area contributed by atoms with Gasteiger partial charge >= 0.3 is 5.97 Å². The third kappa shape index (κ3) is 1.67. The summed E-state index contributed by atoms with van der Waals surface area (Å²) < 4.78 is 0. The number of nitrogens with one attached hydrogen (secondary N) is 1. The van der Waals surface area contributed by atoms with Crippen LogP contribution in [0, 0.1) is 6.92 Å². The zero-order valence-corrected chi connectivity index (χ0v) is 9.11. The number of hydrogen-bond donors (Lipinski definition) is 2.